The lowest BCUT2D eigenvalue weighted by molar-refractivity contribution is -0.129. The van der Waals surface area contributed by atoms with Crippen molar-refractivity contribution in [2.75, 3.05) is 29.6 Å². The number of amides is 2. The summed E-state index contributed by atoms with van der Waals surface area (Å²) in [4.78, 5) is 36.2. The van der Waals surface area contributed by atoms with Crippen LogP contribution in [0, 0.1) is 5.82 Å². The number of pyridine rings is 1. The number of nitrogens with one attached hydrogen (secondary N) is 1. The van der Waals surface area contributed by atoms with Gasteiger partial charge in [0.1, 0.15) is 17.7 Å². The van der Waals surface area contributed by atoms with Gasteiger partial charge in [0.25, 0.3) is 0 Å². The van der Waals surface area contributed by atoms with Gasteiger partial charge in [-0.1, -0.05) is 45.0 Å². The number of likely N-dealkylation sites (tertiary alicyclic amines) is 1. The number of hydrogen-bond acceptors (Lipinski definition) is 9. The molecule has 1 N–H and O–H groups in total. The first-order valence-electron chi connectivity index (χ1n) is 19.8. The average Bonchev–Trinajstić information content (AvgIpc) is 3.97. The van der Waals surface area contributed by atoms with Crippen LogP contribution in [0.5, 0.6) is 5.75 Å². The number of ether oxygens (including phenoxy) is 1. The summed E-state index contributed by atoms with van der Waals surface area (Å²) in [5.74, 6) is 1.43. The maximum atomic E-state index is 15.1. The van der Waals surface area contributed by atoms with Crippen LogP contribution in [0.25, 0.3) is 11.3 Å². The molecule has 14 heteroatoms. The van der Waals surface area contributed by atoms with Crippen molar-refractivity contribution in [2.45, 2.75) is 103 Å². The third-order valence-corrected chi connectivity index (χ3v) is 11.3. The molecule has 0 spiro atoms. The van der Waals surface area contributed by atoms with Crippen LogP contribution in [-0.2, 0) is 21.6 Å². The van der Waals surface area contributed by atoms with E-state index in [-0.39, 0.29) is 24.2 Å². The lowest BCUT2D eigenvalue weighted by atomic mass is 9.85. The quantitative estimate of drug-likeness (QED) is 0.113. The Kier molecular flexibility index (Phi) is 10.4. The molecule has 2 saturated heterocycles. The highest BCUT2D eigenvalue weighted by atomic mass is 19.1. The van der Waals surface area contributed by atoms with Gasteiger partial charge in [0.2, 0.25) is 5.95 Å². The Morgan fingerprint density at radius 2 is 1.75 bits per heavy atom. The predicted molar refractivity (Wildman–Crippen MR) is 210 cm³/mol. The number of rotatable bonds is 10. The molecule has 2 amide bonds. The summed E-state index contributed by atoms with van der Waals surface area (Å²) in [6.07, 6.45) is 8.52. The van der Waals surface area contributed by atoms with Crippen molar-refractivity contribution in [3.05, 3.63) is 95.1 Å². The Bertz CT molecular complexity index is 2210. The number of aromatic nitrogens is 5. The normalized spacial score (nSPS) is 20.2. The van der Waals surface area contributed by atoms with Crippen LogP contribution in [0.15, 0.2) is 66.9 Å². The van der Waals surface area contributed by atoms with Gasteiger partial charge < -0.3 is 19.8 Å². The van der Waals surface area contributed by atoms with Gasteiger partial charge in [-0.2, -0.15) is 5.10 Å². The standard InChI is InChI=1S/C42H50FN9O4/c1-28-11-7-8-22-49(28)40-46-45-38-19-15-31(26-50(38)40)56-36-18-17-35(32-12-5-6-13-33(32)36)44-41(54)52(55-27-53)39-24-37(42(2,3)4)47-51(39)30-14-16-34(43)29(23-30)25-48-20-9-10-21-48/h5-6,12-16,19,23-24,26-28,35-36H,7-11,17-18,20-22,25H2,1-4H3,(H,44,54)/t28-,35-,36+/m0/s1. The van der Waals surface area contributed by atoms with Crippen LogP contribution < -0.4 is 20.0 Å². The van der Waals surface area contributed by atoms with Crippen LogP contribution in [0.1, 0.15) is 107 Å². The molecular formula is C42H50FN9O4. The molecular weight excluding hydrogens is 714 g/mol. The number of piperidine rings is 1. The van der Waals surface area contributed by atoms with Gasteiger partial charge in [-0.25, -0.2) is 13.9 Å². The van der Waals surface area contributed by atoms with Gasteiger partial charge in [-0.3, -0.25) is 14.1 Å². The number of carbonyl (C=O) groups excluding carboxylic acids is 2. The highest BCUT2D eigenvalue weighted by Crippen LogP contribution is 2.40. The molecule has 294 valence electrons. The van der Waals surface area contributed by atoms with E-state index >= 15 is 4.39 Å². The molecule has 0 saturated carbocycles. The van der Waals surface area contributed by atoms with Crippen molar-refractivity contribution >= 4 is 29.9 Å². The molecule has 0 radical (unpaired) electrons. The van der Waals surface area contributed by atoms with E-state index in [1.54, 1.807) is 22.9 Å². The first-order chi connectivity index (χ1) is 27.1. The Labute approximate surface area is 326 Å². The molecule has 5 heterocycles. The van der Waals surface area contributed by atoms with Crippen molar-refractivity contribution in [2.24, 2.45) is 0 Å². The number of urea groups is 1. The minimum atomic E-state index is -0.644. The minimum absolute atomic E-state index is 0.214. The van der Waals surface area contributed by atoms with E-state index in [0.29, 0.717) is 48.1 Å². The number of halogens is 1. The molecule has 13 nitrogen and oxygen atoms in total. The summed E-state index contributed by atoms with van der Waals surface area (Å²) < 4.78 is 25.3. The third-order valence-electron chi connectivity index (χ3n) is 11.3. The van der Waals surface area contributed by atoms with Gasteiger partial charge in [-0.05, 0) is 106 Å². The second-order valence-electron chi connectivity index (χ2n) is 16.3. The molecule has 2 aromatic carbocycles. The zero-order chi connectivity index (χ0) is 39.0. The first kappa shape index (κ1) is 37.4. The van der Waals surface area contributed by atoms with E-state index in [0.717, 1.165) is 73.1 Å². The van der Waals surface area contributed by atoms with Crippen LogP contribution in [0.2, 0.25) is 0 Å². The van der Waals surface area contributed by atoms with Crippen LogP contribution in [0.3, 0.4) is 0 Å². The third kappa shape index (κ3) is 7.54. The van der Waals surface area contributed by atoms with Crippen LogP contribution in [0.4, 0.5) is 21.0 Å². The van der Waals surface area contributed by atoms with Crippen LogP contribution >= 0.6 is 0 Å². The van der Waals surface area contributed by atoms with Crippen molar-refractivity contribution in [1.29, 1.82) is 0 Å². The number of nitrogens with zero attached hydrogens (tertiary/aromatic N) is 8. The van der Waals surface area contributed by atoms with Crippen molar-refractivity contribution in [3.63, 3.8) is 0 Å². The van der Waals surface area contributed by atoms with Gasteiger partial charge in [0.15, 0.2) is 11.5 Å². The molecule has 3 atom stereocenters. The van der Waals surface area contributed by atoms with Crippen molar-refractivity contribution in [1.82, 2.24) is 34.6 Å². The number of fused-ring (bicyclic) bond motifs is 2. The minimum Gasteiger partial charge on any atom is -0.484 e. The fourth-order valence-corrected chi connectivity index (χ4v) is 8.23. The molecule has 5 aromatic rings. The monoisotopic (exact) mass is 763 g/mol. The highest BCUT2D eigenvalue weighted by molar-refractivity contribution is 5.90. The SMILES string of the molecule is C[C@H]1CCCCN1c1nnc2ccc(O[C@@H]3CC[C@H](NC(=O)N(OC=O)c4cc(C(C)(C)C)nn4-c4ccc(F)c(CN5CCCC5)c4)c4ccccc43)cn12. The fourth-order valence-electron chi connectivity index (χ4n) is 8.23. The van der Waals surface area contributed by atoms with E-state index in [1.807, 2.05) is 67.8 Å². The lowest BCUT2D eigenvalue weighted by Crippen LogP contribution is -2.43. The Balaban J connectivity index is 1.05. The largest absolute Gasteiger partial charge is 0.484 e. The van der Waals surface area contributed by atoms with E-state index in [2.05, 4.69) is 32.2 Å². The van der Waals surface area contributed by atoms with Gasteiger partial charge in [0.05, 0.1) is 23.6 Å². The molecule has 1 aliphatic carbocycles. The molecule has 0 unspecified atom stereocenters. The Hall–Kier alpha value is -5.50. The summed E-state index contributed by atoms with van der Waals surface area (Å²) in [6.45, 7) is 11.7. The zero-order valence-corrected chi connectivity index (χ0v) is 32.5. The fraction of sp³-hybridized carbons (Fsp3) is 0.452. The predicted octanol–water partition coefficient (Wildman–Crippen LogP) is 7.59. The van der Waals surface area contributed by atoms with Crippen molar-refractivity contribution in [3.8, 4) is 11.4 Å². The molecule has 3 aromatic heterocycles. The highest BCUT2D eigenvalue weighted by Gasteiger charge is 2.34. The van der Waals surface area contributed by atoms with Crippen LogP contribution in [-0.4, -0.2) is 67.5 Å². The number of hydrogen-bond donors (Lipinski definition) is 1. The first-order valence-corrected chi connectivity index (χ1v) is 19.8. The topological polar surface area (TPSA) is 122 Å². The molecule has 56 heavy (non-hydrogen) atoms. The second kappa shape index (κ2) is 15.6. The maximum Gasteiger partial charge on any atom is 0.357 e. The van der Waals surface area contributed by atoms with Gasteiger partial charge in [-0.15, -0.1) is 15.3 Å². The average molecular weight is 764 g/mol. The smallest absolute Gasteiger partial charge is 0.357 e. The lowest BCUT2D eigenvalue weighted by Gasteiger charge is -2.34. The zero-order valence-electron chi connectivity index (χ0n) is 32.5. The van der Waals surface area contributed by atoms with Crippen molar-refractivity contribution < 1.29 is 23.6 Å². The summed E-state index contributed by atoms with van der Waals surface area (Å²) in [6, 6.07) is 17.6. The maximum absolute atomic E-state index is 15.1. The summed E-state index contributed by atoms with van der Waals surface area (Å²) >= 11 is 0. The molecule has 2 fully saturated rings. The van der Waals surface area contributed by atoms with Gasteiger partial charge >= 0.3 is 12.5 Å². The molecule has 3 aliphatic rings. The summed E-state index contributed by atoms with van der Waals surface area (Å²) in [5, 5.41) is 17.9. The molecule has 0 bridgehead atoms. The molecule has 8 rings (SSSR count). The van der Waals surface area contributed by atoms with E-state index in [9.17, 15) is 9.59 Å². The summed E-state index contributed by atoms with van der Waals surface area (Å²) in [7, 11) is 0. The molecule has 2 aliphatic heterocycles. The van der Waals surface area contributed by atoms with E-state index < -0.39 is 17.5 Å². The number of hydroxylamine groups is 1. The summed E-state index contributed by atoms with van der Waals surface area (Å²) in [5.41, 5.74) is 3.95. The number of anilines is 2. The van der Waals surface area contributed by atoms with E-state index in [1.165, 1.54) is 12.5 Å². The number of benzene rings is 2. The van der Waals surface area contributed by atoms with Gasteiger partial charge in [0, 0.05) is 36.2 Å². The number of carbonyl (C=O) groups is 2. The second-order valence-corrected chi connectivity index (χ2v) is 16.3. The van der Waals surface area contributed by atoms with E-state index in [4.69, 9.17) is 14.7 Å². The Morgan fingerprint density at radius 3 is 2.52 bits per heavy atom. The Morgan fingerprint density at radius 1 is 0.964 bits per heavy atom.